The van der Waals surface area contributed by atoms with E-state index in [4.69, 9.17) is 0 Å². The minimum atomic E-state index is -0.166. The first kappa shape index (κ1) is 14.3. The van der Waals surface area contributed by atoms with E-state index in [9.17, 15) is 9.59 Å². The summed E-state index contributed by atoms with van der Waals surface area (Å²) in [5, 5.41) is 5.81. The summed E-state index contributed by atoms with van der Waals surface area (Å²) in [6.07, 6.45) is 2.39. The van der Waals surface area contributed by atoms with E-state index in [1.165, 1.54) is 0 Å². The largest absolute Gasteiger partial charge is 0.355 e. The van der Waals surface area contributed by atoms with Gasteiger partial charge in [-0.3, -0.25) is 9.59 Å². The second kappa shape index (κ2) is 6.37. The van der Waals surface area contributed by atoms with Crippen LogP contribution in [-0.4, -0.2) is 48.9 Å². The number of carbonyl (C=O) groups is 2. The van der Waals surface area contributed by atoms with E-state index in [-0.39, 0.29) is 23.8 Å². The summed E-state index contributed by atoms with van der Waals surface area (Å²) in [4.78, 5) is 25.6. The quantitative estimate of drug-likeness (QED) is 0.773. The van der Waals surface area contributed by atoms with Crippen LogP contribution in [0.25, 0.3) is 0 Å². The molecule has 2 rings (SSSR count). The van der Waals surface area contributed by atoms with Gasteiger partial charge in [-0.15, -0.1) is 0 Å². The number of rotatable bonds is 4. The molecule has 2 amide bonds. The van der Waals surface area contributed by atoms with Crippen molar-refractivity contribution >= 4 is 11.8 Å². The van der Waals surface area contributed by atoms with Crippen LogP contribution in [-0.2, 0) is 9.59 Å². The van der Waals surface area contributed by atoms with Crippen LogP contribution in [0, 0.1) is 11.8 Å². The summed E-state index contributed by atoms with van der Waals surface area (Å²) >= 11 is 0. The van der Waals surface area contributed by atoms with Crippen LogP contribution in [0.1, 0.15) is 33.1 Å². The summed E-state index contributed by atoms with van der Waals surface area (Å²) in [6.45, 7) is 8.23. The maximum absolute atomic E-state index is 12.0. The predicted molar refractivity (Wildman–Crippen MR) is 73.6 cm³/mol. The lowest BCUT2D eigenvalue weighted by molar-refractivity contribution is -0.127. The van der Waals surface area contributed by atoms with Gasteiger partial charge in [-0.05, 0) is 18.8 Å². The highest BCUT2D eigenvalue weighted by Crippen LogP contribution is 2.14. The molecule has 5 heteroatoms. The number of hydrogen-bond acceptors (Lipinski definition) is 3. The van der Waals surface area contributed by atoms with Crippen molar-refractivity contribution < 1.29 is 9.59 Å². The van der Waals surface area contributed by atoms with Crippen molar-refractivity contribution in [3.05, 3.63) is 0 Å². The van der Waals surface area contributed by atoms with Gasteiger partial charge in [0.2, 0.25) is 11.8 Å². The first-order valence-electron chi connectivity index (χ1n) is 7.34. The topological polar surface area (TPSA) is 61.4 Å². The highest BCUT2D eigenvalue weighted by Gasteiger charge is 2.30. The first-order valence-corrected chi connectivity index (χ1v) is 7.34. The molecule has 5 nitrogen and oxygen atoms in total. The lowest BCUT2D eigenvalue weighted by Crippen LogP contribution is -2.47. The Morgan fingerprint density at radius 3 is 2.63 bits per heavy atom. The summed E-state index contributed by atoms with van der Waals surface area (Å²) in [5.41, 5.74) is 0. The molecule has 2 aliphatic rings. The number of nitrogens with one attached hydrogen (secondary N) is 2. The molecule has 0 radical (unpaired) electrons. The maximum Gasteiger partial charge on any atom is 0.225 e. The summed E-state index contributed by atoms with van der Waals surface area (Å²) in [7, 11) is 0. The fourth-order valence-corrected chi connectivity index (χ4v) is 2.89. The zero-order valence-corrected chi connectivity index (χ0v) is 11.9. The van der Waals surface area contributed by atoms with Crippen molar-refractivity contribution in [2.24, 2.45) is 11.8 Å². The van der Waals surface area contributed by atoms with Gasteiger partial charge in [0.1, 0.15) is 0 Å². The van der Waals surface area contributed by atoms with Crippen LogP contribution in [0.2, 0.25) is 0 Å². The number of hydrogen-bond donors (Lipinski definition) is 2. The third kappa shape index (κ3) is 4.20. The molecule has 0 bridgehead atoms. The van der Waals surface area contributed by atoms with Crippen LogP contribution in [0.3, 0.4) is 0 Å². The summed E-state index contributed by atoms with van der Waals surface area (Å²) in [6, 6.07) is 0.284. The Hall–Kier alpha value is -1.10. The van der Waals surface area contributed by atoms with Gasteiger partial charge in [-0.2, -0.15) is 0 Å². The molecule has 1 atom stereocenters. The smallest absolute Gasteiger partial charge is 0.225 e. The molecular weight excluding hydrogens is 242 g/mol. The number of carbonyl (C=O) groups excluding carboxylic acids is 2. The van der Waals surface area contributed by atoms with E-state index in [2.05, 4.69) is 29.4 Å². The number of amides is 2. The van der Waals surface area contributed by atoms with Crippen LogP contribution < -0.4 is 10.6 Å². The molecule has 2 fully saturated rings. The minimum absolute atomic E-state index is 0.00750. The van der Waals surface area contributed by atoms with Crippen LogP contribution >= 0.6 is 0 Å². The summed E-state index contributed by atoms with van der Waals surface area (Å²) < 4.78 is 0. The normalized spacial score (nSPS) is 25.6. The SMILES string of the molecule is CC(C)CN1CCC(NC(=O)C2CNC(=O)C2)CC1. The minimum Gasteiger partial charge on any atom is -0.355 e. The standard InChI is InChI=1S/C14H25N3O2/c1-10(2)9-17-5-3-12(4-6-17)16-14(19)11-7-13(18)15-8-11/h10-12H,3-9H2,1-2H3,(H,15,18)(H,16,19). The average Bonchev–Trinajstić information content (AvgIpc) is 2.78. The molecule has 19 heavy (non-hydrogen) atoms. The second-order valence-corrected chi connectivity index (χ2v) is 6.18. The monoisotopic (exact) mass is 267 g/mol. The molecule has 0 aromatic rings. The molecule has 2 aliphatic heterocycles. The fraction of sp³-hybridized carbons (Fsp3) is 0.857. The van der Waals surface area contributed by atoms with Gasteiger partial charge in [0.05, 0.1) is 5.92 Å². The third-order valence-electron chi connectivity index (χ3n) is 3.91. The highest BCUT2D eigenvalue weighted by atomic mass is 16.2. The van der Waals surface area contributed by atoms with E-state index < -0.39 is 0 Å². The van der Waals surface area contributed by atoms with Gasteiger partial charge in [-0.25, -0.2) is 0 Å². The molecule has 2 heterocycles. The Kier molecular flexibility index (Phi) is 4.80. The Bertz CT molecular complexity index is 336. The molecule has 0 aliphatic carbocycles. The molecule has 0 aromatic heterocycles. The number of nitrogens with zero attached hydrogens (tertiary/aromatic N) is 1. The number of likely N-dealkylation sites (tertiary alicyclic amines) is 1. The van der Waals surface area contributed by atoms with Crippen molar-refractivity contribution in [1.82, 2.24) is 15.5 Å². The van der Waals surface area contributed by atoms with Crippen molar-refractivity contribution in [1.29, 1.82) is 0 Å². The Morgan fingerprint density at radius 2 is 2.11 bits per heavy atom. The van der Waals surface area contributed by atoms with Crippen LogP contribution in [0.4, 0.5) is 0 Å². The van der Waals surface area contributed by atoms with E-state index in [1.807, 2.05) is 0 Å². The molecule has 108 valence electrons. The fourth-order valence-electron chi connectivity index (χ4n) is 2.89. The van der Waals surface area contributed by atoms with Gasteiger partial charge in [0.25, 0.3) is 0 Å². The molecule has 2 saturated heterocycles. The van der Waals surface area contributed by atoms with Gasteiger partial charge in [0, 0.05) is 38.6 Å². The number of piperidine rings is 1. The third-order valence-corrected chi connectivity index (χ3v) is 3.91. The zero-order chi connectivity index (χ0) is 13.8. The van der Waals surface area contributed by atoms with Crippen molar-refractivity contribution in [2.75, 3.05) is 26.2 Å². The maximum atomic E-state index is 12.0. The predicted octanol–water partition coefficient (Wildman–Crippen LogP) is 0.359. The van der Waals surface area contributed by atoms with E-state index in [1.54, 1.807) is 0 Å². The zero-order valence-electron chi connectivity index (χ0n) is 11.9. The average molecular weight is 267 g/mol. The molecule has 0 spiro atoms. The molecular formula is C14H25N3O2. The van der Waals surface area contributed by atoms with Gasteiger partial charge in [0.15, 0.2) is 0 Å². The van der Waals surface area contributed by atoms with Crippen LogP contribution in [0.5, 0.6) is 0 Å². The van der Waals surface area contributed by atoms with E-state index in [0.29, 0.717) is 18.9 Å². The van der Waals surface area contributed by atoms with Gasteiger partial charge < -0.3 is 15.5 Å². The van der Waals surface area contributed by atoms with Crippen molar-refractivity contribution in [3.63, 3.8) is 0 Å². The lowest BCUT2D eigenvalue weighted by Gasteiger charge is -2.33. The molecule has 0 aromatic carbocycles. The van der Waals surface area contributed by atoms with E-state index in [0.717, 1.165) is 32.5 Å². The highest BCUT2D eigenvalue weighted by molar-refractivity contribution is 5.89. The Balaban J connectivity index is 1.70. The molecule has 0 saturated carbocycles. The Morgan fingerprint density at radius 1 is 1.42 bits per heavy atom. The lowest BCUT2D eigenvalue weighted by atomic mass is 10.0. The summed E-state index contributed by atoms with van der Waals surface area (Å²) in [5.74, 6) is 0.565. The van der Waals surface area contributed by atoms with Gasteiger partial charge >= 0.3 is 0 Å². The second-order valence-electron chi connectivity index (χ2n) is 6.18. The molecule has 1 unspecified atom stereocenters. The van der Waals surface area contributed by atoms with Gasteiger partial charge in [-0.1, -0.05) is 13.8 Å². The van der Waals surface area contributed by atoms with E-state index >= 15 is 0 Å². The van der Waals surface area contributed by atoms with Crippen molar-refractivity contribution in [3.8, 4) is 0 Å². The Labute approximate surface area is 115 Å². The molecule has 2 N–H and O–H groups in total. The van der Waals surface area contributed by atoms with Crippen LogP contribution in [0.15, 0.2) is 0 Å². The van der Waals surface area contributed by atoms with Crippen molar-refractivity contribution in [2.45, 2.75) is 39.2 Å². The first-order chi connectivity index (χ1) is 9.04.